The van der Waals surface area contributed by atoms with Gasteiger partial charge in [0.2, 0.25) is 5.88 Å². The summed E-state index contributed by atoms with van der Waals surface area (Å²) in [6.45, 7) is -0.244. The number of aromatic nitrogens is 2. The van der Waals surface area contributed by atoms with E-state index in [1.165, 1.54) is 25.3 Å². The first-order valence-corrected chi connectivity index (χ1v) is 5.82. The Morgan fingerprint density at radius 2 is 2.05 bits per heavy atom. The molecule has 1 N–H and O–H groups in total. The Hall–Kier alpha value is -2.51. The summed E-state index contributed by atoms with van der Waals surface area (Å²) in [6, 6.07) is 5.03. The van der Waals surface area contributed by atoms with Crippen LogP contribution in [0.5, 0.6) is 5.88 Å². The Labute approximate surface area is 117 Å². The number of hydrogen-bond acceptors (Lipinski definition) is 3. The topological polar surface area (TPSA) is 64.3 Å². The van der Waals surface area contributed by atoms with Crippen LogP contribution in [0.2, 0.25) is 0 Å². The number of nitrogens with zero attached hydrogens (tertiary/aromatic N) is 2. The maximum absolute atomic E-state index is 12.9. The Morgan fingerprint density at radius 3 is 2.62 bits per heavy atom. The number of carbonyl (C=O) groups is 1. The zero-order valence-electron chi connectivity index (χ0n) is 10.9. The minimum Gasteiger partial charge on any atom is -0.481 e. The fourth-order valence-electron chi connectivity index (χ4n) is 1.94. The molecule has 0 radical (unpaired) electrons. The van der Waals surface area contributed by atoms with Gasteiger partial charge in [-0.15, -0.1) is 0 Å². The minimum absolute atomic E-state index is 0.0247. The number of benzene rings is 1. The summed E-state index contributed by atoms with van der Waals surface area (Å²) in [5.74, 6) is -1.36. The second-order valence-electron chi connectivity index (χ2n) is 4.19. The fraction of sp³-hybridized carbons (Fsp3) is 0.231. The van der Waals surface area contributed by atoms with Crippen molar-refractivity contribution in [3.8, 4) is 5.88 Å². The zero-order chi connectivity index (χ0) is 15.6. The molecule has 0 saturated heterocycles. The standard InChI is InChI=1S/C13H11F3N2O3/c1-21-11-9(12(19)20)6-17-18(11)7-8-4-2-3-5-10(8)13(14,15)16/h2-6H,7H2,1H3,(H,19,20). The van der Waals surface area contributed by atoms with Crippen LogP contribution in [0.15, 0.2) is 30.5 Å². The van der Waals surface area contributed by atoms with E-state index in [0.717, 1.165) is 16.9 Å². The second kappa shape index (κ2) is 5.47. The van der Waals surface area contributed by atoms with E-state index >= 15 is 0 Å². The Kier molecular flexibility index (Phi) is 3.88. The first-order valence-electron chi connectivity index (χ1n) is 5.82. The van der Waals surface area contributed by atoms with Gasteiger partial charge in [-0.1, -0.05) is 18.2 Å². The number of carboxylic acid groups (broad SMARTS) is 1. The van der Waals surface area contributed by atoms with Crippen LogP contribution in [-0.2, 0) is 12.7 Å². The van der Waals surface area contributed by atoms with Gasteiger partial charge in [0.1, 0.15) is 5.56 Å². The van der Waals surface area contributed by atoms with Crippen molar-refractivity contribution in [3.63, 3.8) is 0 Å². The summed E-state index contributed by atoms with van der Waals surface area (Å²) in [6.07, 6.45) is -3.45. The lowest BCUT2D eigenvalue weighted by atomic mass is 10.1. The molecule has 0 amide bonds. The predicted octanol–water partition coefficient (Wildman–Crippen LogP) is 2.66. The van der Waals surface area contributed by atoms with Crippen molar-refractivity contribution >= 4 is 5.97 Å². The van der Waals surface area contributed by atoms with Crippen LogP contribution in [0.3, 0.4) is 0 Å². The van der Waals surface area contributed by atoms with E-state index < -0.39 is 17.7 Å². The van der Waals surface area contributed by atoms with E-state index in [-0.39, 0.29) is 23.6 Å². The molecule has 0 unspecified atom stereocenters. The molecule has 0 atom stereocenters. The molecule has 0 saturated carbocycles. The van der Waals surface area contributed by atoms with Crippen LogP contribution < -0.4 is 4.74 Å². The van der Waals surface area contributed by atoms with E-state index in [2.05, 4.69) is 5.10 Å². The molecule has 0 aliphatic carbocycles. The third kappa shape index (κ3) is 2.99. The average Bonchev–Trinajstić information content (AvgIpc) is 2.81. The van der Waals surface area contributed by atoms with Crippen molar-refractivity contribution in [1.29, 1.82) is 0 Å². The van der Waals surface area contributed by atoms with Crippen LogP contribution in [0.25, 0.3) is 0 Å². The lowest BCUT2D eigenvalue weighted by Crippen LogP contribution is -2.13. The molecule has 1 aromatic heterocycles. The van der Waals surface area contributed by atoms with Gasteiger partial charge in [-0.05, 0) is 11.6 Å². The third-order valence-corrected chi connectivity index (χ3v) is 2.86. The monoisotopic (exact) mass is 300 g/mol. The highest BCUT2D eigenvalue weighted by Crippen LogP contribution is 2.32. The molecular formula is C13H11F3N2O3. The highest BCUT2D eigenvalue weighted by Gasteiger charge is 2.33. The number of aromatic carboxylic acids is 1. The van der Waals surface area contributed by atoms with E-state index in [1.807, 2.05) is 0 Å². The third-order valence-electron chi connectivity index (χ3n) is 2.86. The van der Waals surface area contributed by atoms with Gasteiger partial charge in [0, 0.05) is 0 Å². The molecule has 112 valence electrons. The lowest BCUT2D eigenvalue weighted by Gasteiger charge is -2.13. The molecule has 1 aromatic carbocycles. The molecule has 0 spiro atoms. The molecule has 2 aromatic rings. The van der Waals surface area contributed by atoms with Gasteiger partial charge < -0.3 is 9.84 Å². The molecule has 1 heterocycles. The van der Waals surface area contributed by atoms with Crippen molar-refractivity contribution < 1.29 is 27.8 Å². The number of carboxylic acids is 1. The summed E-state index contributed by atoms with van der Waals surface area (Å²) < 4.78 is 44.7. The van der Waals surface area contributed by atoms with E-state index in [9.17, 15) is 18.0 Å². The summed E-state index contributed by atoms with van der Waals surface area (Å²) in [7, 11) is 1.23. The van der Waals surface area contributed by atoms with Crippen LogP contribution >= 0.6 is 0 Å². The average molecular weight is 300 g/mol. The smallest absolute Gasteiger partial charge is 0.416 e. The number of rotatable bonds is 4. The number of halogens is 3. The van der Waals surface area contributed by atoms with E-state index in [4.69, 9.17) is 9.84 Å². The molecule has 21 heavy (non-hydrogen) atoms. The second-order valence-corrected chi connectivity index (χ2v) is 4.19. The van der Waals surface area contributed by atoms with Gasteiger partial charge in [-0.2, -0.15) is 18.3 Å². The normalized spacial score (nSPS) is 11.4. The van der Waals surface area contributed by atoms with Crippen LogP contribution in [0, 0.1) is 0 Å². The van der Waals surface area contributed by atoms with Gasteiger partial charge in [0.05, 0.1) is 25.4 Å². The Balaban J connectivity index is 2.42. The van der Waals surface area contributed by atoms with Crippen LogP contribution in [0.4, 0.5) is 13.2 Å². The minimum atomic E-state index is -4.49. The quantitative estimate of drug-likeness (QED) is 0.943. The first kappa shape index (κ1) is 14.9. The van der Waals surface area contributed by atoms with Crippen LogP contribution in [0.1, 0.15) is 21.5 Å². The van der Waals surface area contributed by atoms with Crippen LogP contribution in [-0.4, -0.2) is 28.0 Å². The lowest BCUT2D eigenvalue weighted by molar-refractivity contribution is -0.138. The van der Waals surface area contributed by atoms with Crippen molar-refractivity contribution in [1.82, 2.24) is 9.78 Å². The molecule has 0 aliphatic rings. The van der Waals surface area contributed by atoms with Crippen molar-refractivity contribution in [2.24, 2.45) is 0 Å². The maximum Gasteiger partial charge on any atom is 0.416 e. The van der Waals surface area contributed by atoms with Gasteiger partial charge in [0.15, 0.2) is 0 Å². The predicted molar refractivity (Wildman–Crippen MR) is 66.3 cm³/mol. The number of hydrogen-bond donors (Lipinski definition) is 1. The summed E-state index contributed by atoms with van der Waals surface area (Å²) in [4.78, 5) is 11.0. The molecule has 5 nitrogen and oxygen atoms in total. The Bertz CT molecular complexity index is 665. The fourth-order valence-corrected chi connectivity index (χ4v) is 1.94. The first-order chi connectivity index (χ1) is 9.84. The Morgan fingerprint density at radius 1 is 1.38 bits per heavy atom. The van der Waals surface area contributed by atoms with Gasteiger partial charge in [0.25, 0.3) is 0 Å². The number of ether oxygens (including phenoxy) is 1. The van der Waals surface area contributed by atoms with Gasteiger partial charge in [-0.3, -0.25) is 0 Å². The van der Waals surface area contributed by atoms with Crippen molar-refractivity contribution in [2.45, 2.75) is 12.7 Å². The highest BCUT2D eigenvalue weighted by molar-refractivity contribution is 5.89. The summed E-state index contributed by atoms with van der Waals surface area (Å²) in [5.41, 5.74) is -1.02. The molecule has 2 rings (SSSR count). The van der Waals surface area contributed by atoms with Gasteiger partial charge >= 0.3 is 12.1 Å². The molecule has 0 aliphatic heterocycles. The zero-order valence-corrected chi connectivity index (χ0v) is 10.9. The molecule has 0 bridgehead atoms. The summed E-state index contributed by atoms with van der Waals surface area (Å²) in [5, 5.41) is 12.7. The van der Waals surface area contributed by atoms with E-state index in [1.54, 1.807) is 0 Å². The molecular weight excluding hydrogens is 289 g/mol. The highest BCUT2D eigenvalue weighted by atomic mass is 19.4. The molecule has 8 heteroatoms. The van der Waals surface area contributed by atoms with Gasteiger partial charge in [-0.25, -0.2) is 9.48 Å². The SMILES string of the molecule is COc1c(C(=O)O)cnn1Cc1ccccc1C(F)(F)F. The number of methoxy groups -OCH3 is 1. The molecule has 0 fully saturated rings. The van der Waals surface area contributed by atoms with Crippen molar-refractivity contribution in [2.75, 3.05) is 7.11 Å². The summed E-state index contributed by atoms with van der Waals surface area (Å²) >= 11 is 0. The maximum atomic E-state index is 12.9. The number of alkyl halides is 3. The van der Waals surface area contributed by atoms with Crippen molar-refractivity contribution in [3.05, 3.63) is 47.2 Å². The largest absolute Gasteiger partial charge is 0.481 e. The van der Waals surface area contributed by atoms with E-state index in [0.29, 0.717) is 0 Å².